The van der Waals surface area contributed by atoms with Crippen LogP contribution in [0.25, 0.3) is 0 Å². The Bertz CT molecular complexity index is 807. The first kappa shape index (κ1) is 40.6. The molecular formula is C37H66O7. The lowest BCUT2D eigenvalue weighted by atomic mass is 9.70. The number of hydrogen-bond acceptors (Lipinski definition) is 7. The van der Waals surface area contributed by atoms with Crippen molar-refractivity contribution in [2.45, 2.75) is 211 Å². The van der Waals surface area contributed by atoms with Crippen LogP contribution in [-0.4, -0.2) is 55.8 Å². The van der Waals surface area contributed by atoms with Gasteiger partial charge in [0.15, 0.2) is 34.8 Å². The van der Waals surface area contributed by atoms with Crippen LogP contribution in [0.1, 0.15) is 194 Å². The average molecular weight is 623 g/mol. The maximum absolute atomic E-state index is 13.3. The number of rotatable bonds is 30. The summed E-state index contributed by atoms with van der Waals surface area (Å²) >= 11 is 0. The van der Waals surface area contributed by atoms with Crippen LogP contribution in [0.3, 0.4) is 0 Å². The first-order valence-corrected chi connectivity index (χ1v) is 18.4. The number of unbranched alkanes of at least 4 members (excludes halogenated alkanes) is 22. The summed E-state index contributed by atoms with van der Waals surface area (Å²) in [5.74, 6) is -3.84. The minimum absolute atomic E-state index is 0.0920. The summed E-state index contributed by atoms with van der Waals surface area (Å²) < 4.78 is 0. The molecule has 7 heteroatoms. The molecule has 0 aromatic carbocycles. The number of hydrogen-bond donors (Lipinski definition) is 3. The summed E-state index contributed by atoms with van der Waals surface area (Å²) in [6.07, 6.45) is 23.0. The smallest absolute Gasteiger partial charge is 0.220 e. The Kier molecular flexibility index (Phi) is 22.0. The van der Waals surface area contributed by atoms with Crippen molar-refractivity contribution in [3.63, 3.8) is 0 Å². The number of aliphatic hydroxyl groups is 3. The molecule has 256 valence electrons. The van der Waals surface area contributed by atoms with E-state index in [1.807, 2.05) is 0 Å². The lowest BCUT2D eigenvalue weighted by Crippen LogP contribution is -2.72. The molecule has 1 fully saturated rings. The molecule has 0 amide bonds. The van der Waals surface area contributed by atoms with Gasteiger partial charge in [-0.3, -0.25) is 19.2 Å². The molecule has 0 radical (unpaired) electrons. The Morgan fingerprint density at radius 1 is 0.591 bits per heavy atom. The van der Waals surface area contributed by atoms with Crippen LogP contribution in [0, 0.1) is 0 Å². The van der Waals surface area contributed by atoms with E-state index in [9.17, 15) is 34.5 Å². The molecule has 0 aromatic rings. The van der Waals surface area contributed by atoms with Crippen LogP contribution in [0.2, 0.25) is 0 Å². The largest absolute Gasteiger partial charge is 0.382 e. The molecule has 0 aromatic heterocycles. The standard InChI is InChI=1S/C37H66O7/c1-3-5-7-9-11-13-15-17-19-21-23-25-27-31(38)35(42)37(44,36(43)33(40)29-30-34(36)41)32(39)28-26-24-22-20-18-16-14-12-10-8-6-4-2/h35,42-44H,3-30H2,1-2H3. The van der Waals surface area contributed by atoms with Gasteiger partial charge in [0.2, 0.25) is 5.60 Å². The highest BCUT2D eigenvalue weighted by molar-refractivity contribution is 6.21. The number of carbonyl (C=O) groups excluding carboxylic acids is 4. The predicted octanol–water partition coefficient (Wildman–Crippen LogP) is 8.06. The zero-order chi connectivity index (χ0) is 32.7. The number of ketones is 4. The van der Waals surface area contributed by atoms with Gasteiger partial charge in [-0.2, -0.15) is 0 Å². The molecule has 0 bridgehead atoms. The van der Waals surface area contributed by atoms with E-state index in [1.54, 1.807) is 0 Å². The Morgan fingerprint density at radius 2 is 0.886 bits per heavy atom. The van der Waals surface area contributed by atoms with Gasteiger partial charge in [-0.15, -0.1) is 0 Å². The van der Waals surface area contributed by atoms with E-state index in [2.05, 4.69) is 13.8 Å². The molecular weight excluding hydrogens is 556 g/mol. The molecule has 1 saturated carbocycles. The molecule has 2 atom stereocenters. The highest BCUT2D eigenvalue weighted by atomic mass is 16.4. The second-order valence-corrected chi connectivity index (χ2v) is 13.4. The molecule has 0 aliphatic heterocycles. The van der Waals surface area contributed by atoms with E-state index in [-0.39, 0.29) is 25.7 Å². The lowest BCUT2D eigenvalue weighted by molar-refractivity contribution is -0.202. The quantitative estimate of drug-likeness (QED) is 0.0546. The normalized spacial score (nSPS) is 16.8. The van der Waals surface area contributed by atoms with Crippen molar-refractivity contribution in [3.8, 4) is 0 Å². The Hall–Kier alpha value is -1.44. The van der Waals surface area contributed by atoms with Gasteiger partial charge in [-0.05, 0) is 12.8 Å². The topological polar surface area (TPSA) is 129 Å². The summed E-state index contributed by atoms with van der Waals surface area (Å²) in [5.41, 5.74) is -6.23. The minimum atomic E-state index is -3.15. The van der Waals surface area contributed by atoms with E-state index in [0.29, 0.717) is 19.3 Å². The van der Waals surface area contributed by atoms with Gasteiger partial charge in [0.25, 0.3) is 0 Å². The van der Waals surface area contributed by atoms with Crippen LogP contribution >= 0.6 is 0 Å². The zero-order valence-electron chi connectivity index (χ0n) is 28.4. The summed E-state index contributed by atoms with van der Waals surface area (Å²) in [4.78, 5) is 51.5. The summed E-state index contributed by atoms with van der Waals surface area (Å²) in [6, 6.07) is 0. The third kappa shape index (κ3) is 13.5. The van der Waals surface area contributed by atoms with Gasteiger partial charge in [0.1, 0.15) is 0 Å². The lowest BCUT2D eigenvalue weighted by Gasteiger charge is -2.40. The van der Waals surface area contributed by atoms with Crippen LogP contribution in [0.15, 0.2) is 0 Å². The Balaban J connectivity index is 2.50. The minimum Gasteiger partial charge on any atom is -0.382 e. The van der Waals surface area contributed by atoms with Crippen LogP contribution < -0.4 is 0 Å². The highest BCUT2D eigenvalue weighted by Crippen LogP contribution is 2.38. The van der Waals surface area contributed by atoms with Crippen molar-refractivity contribution >= 4 is 23.1 Å². The zero-order valence-corrected chi connectivity index (χ0v) is 28.4. The van der Waals surface area contributed by atoms with Gasteiger partial charge >= 0.3 is 0 Å². The molecule has 0 saturated heterocycles. The van der Waals surface area contributed by atoms with E-state index < -0.39 is 40.4 Å². The summed E-state index contributed by atoms with van der Waals surface area (Å²) in [5, 5.41) is 33.5. The third-order valence-corrected chi connectivity index (χ3v) is 9.60. The van der Waals surface area contributed by atoms with Crippen molar-refractivity contribution in [1.82, 2.24) is 0 Å². The molecule has 7 nitrogen and oxygen atoms in total. The first-order chi connectivity index (χ1) is 21.2. The maximum atomic E-state index is 13.3. The molecule has 2 unspecified atom stereocenters. The second-order valence-electron chi connectivity index (χ2n) is 13.4. The highest BCUT2D eigenvalue weighted by Gasteiger charge is 2.69. The number of aliphatic hydroxyl groups excluding tert-OH is 1. The van der Waals surface area contributed by atoms with Crippen molar-refractivity contribution < 1.29 is 34.5 Å². The van der Waals surface area contributed by atoms with Gasteiger partial charge in [0.05, 0.1) is 0 Å². The fourth-order valence-corrected chi connectivity index (χ4v) is 6.55. The van der Waals surface area contributed by atoms with Gasteiger partial charge in [-0.1, -0.05) is 155 Å². The van der Waals surface area contributed by atoms with E-state index >= 15 is 0 Å². The van der Waals surface area contributed by atoms with Gasteiger partial charge in [0, 0.05) is 25.7 Å². The van der Waals surface area contributed by atoms with Crippen molar-refractivity contribution in [1.29, 1.82) is 0 Å². The Morgan fingerprint density at radius 3 is 1.23 bits per heavy atom. The number of carbonyl (C=O) groups is 4. The molecule has 1 aliphatic carbocycles. The van der Waals surface area contributed by atoms with Crippen LogP contribution in [0.5, 0.6) is 0 Å². The summed E-state index contributed by atoms with van der Waals surface area (Å²) in [7, 11) is 0. The van der Waals surface area contributed by atoms with Crippen LogP contribution in [0.4, 0.5) is 0 Å². The second kappa shape index (κ2) is 23.8. The average Bonchev–Trinajstić information content (AvgIpc) is 3.29. The monoisotopic (exact) mass is 622 g/mol. The molecule has 44 heavy (non-hydrogen) atoms. The van der Waals surface area contributed by atoms with E-state index in [1.165, 1.54) is 89.9 Å². The van der Waals surface area contributed by atoms with Crippen LogP contribution in [-0.2, 0) is 19.2 Å². The molecule has 0 spiro atoms. The molecule has 1 aliphatic rings. The molecule has 3 N–H and O–H groups in total. The fourth-order valence-electron chi connectivity index (χ4n) is 6.55. The first-order valence-electron chi connectivity index (χ1n) is 18.4. The Labute approximate surface area is 268 Å². The van der Waals surface area contributed by atoms with Gasteiger partial charge in [-0.25, -0.2) is 0 Å². The van der Waals surface area contributed by atoms with Crippen molar-refractivity contribution in [2.75, 3.05) is 0 Å². The number of Topliss-reactive ketones (excluding diaryl/α,β-unsaturated/α-hetero) is 4. The molecule has 1 rings (SSSR count). The van der Waals surface area contributed by atoms with Gasteiger partial charge < -0.3 is 15.3 Å². The van der Waals surface area contributed by atoms with Crippen molar-refractivity contribution in [3.05, 3.63) is 0 Å². The molecule has 0 heterocycles. The fraction of sp³-hybridized carbons (Fsp3) is 0.892. The summed E-state index contributed by atoms with van der Waals surface area (Å²) in [6.45, 7) is 4.43. The third-order valence-electron chi connectivity index (χ3n) is 9.60. The van der Waals surface area contributed by atoms with E-state index in [0.717, 1.165) is 44.9 Å². The SMILES string of the molecule is CCCCCCCCCCCCCCC(=O)C(O)C(O)(C(=O)CCCCCCCCCCCCCC)C1(O)C(=O)CCC1=O. The van der Waals surface area contributed by atoms with Crippen molar-refractivity contribution in [2.24, 2.45) is 0 Å². The maximum Gasteiger partial charge on any atom is 0.220 e. The predicted molar refractivity (Wildman–Crippen MR) is 177 cm³/mol. The van der Waals surface area contributed by atoms with E-state index in [4.69, 9.17) is 0 Å².